The third-order valence-electron chi connectivity index (χ3n) is 3.71. The van der Waals surface area contributed by atoms with Gasteiger partial charge in [0.25, 0.3) is 0 Å². The fourth-order valence-electron chi connectivity index (χ4n) is 2.59. The van der Waals surface area contributed by atoms with Crippen molar-refractivity contribution in [2.45, 2.75) is 6.42 Å². The van der Waals surface area contributed by atoms with Gasteiger partial charge in [0.05, 0.1) is 19.8 Å². The van der Waals surface area contributed by atoms with Crippen molar-refractivity contribution in [3.63, 3.8) is 0 Å². The van der Waals surface area contributed by atoms with E-state index in [2.05, 4.69) is 19.9 Å². The minimum absolute atomic E-state index is 0.557. The van der Waals surface area contributed by atoms with E-state index in [0.717, 1.165) is 37.5 Å². The number of aromatic nitrogens is 3. The molecular formula is C15H20N4O2. The van der Waals surface area contributed by atoms with Gasteiger partial charge >= 0.3 is 0 Å². The summed E-state index contributed by atoms with van der Waals surface area (Å²) in [6, 6.07) is 4.00. The minimum Gasteiger partial charge on any atom is -0.382 e. The van der Waals surface area contributed by atoms with E-state index in [1.807, 2.05) is 12.1 Å². The van der Waals surface area contributed by atoms with Crippen LogP contribution in [0.4, 0.5) is 5.82 Å². The van der Waals surface area contributed by atoms with Gasteiger partial charge in [-0.2, -0.15) is 0 Å². The van der Waals surface area contributed by atoms with Crippen molar-refractivity contribution in [2.75, 3.05) is 44.9 Å². The molecule has 2 aromatic heterocycles. The van der Waals surface area contributed by atoms with Crippen LogP contribution >= 0.6 is 0 Å². The lowest BCUT2D eigenvalue weighted by Gasteiger charge is -2.17. The van der Waals surface area contributed by atoms with Gasteiger partial charge in [0.15, 0.2) is 5.65 Å². The van der Waals surface area contributed by atoms with Gasteiger partial charge in [-0.3, -0.25) is 4.98 Å². The molecule has 1 aliphatic heterocycles. The van der Waals surface area contributed by atoms with E-state index in [0.29, 0.717) is 24.8 Å². The Hall–Kier alpha value is -1.79. The molecule has 0 N–H and O–H groups in total. The number of fused-ring (bicyclic) bond motifs is 1. The molecule has 6 heteroatoms. The van der Waals surface area contributed by atoms with Crippen LogP contribution in [0, 0.1) is 5.92 Å². The third kappa shape index (κ3) is 3.46. The number of methoxy groups -OCH3 is 1. The molecule has 112 valence electrons. The van der Waals surface area contributed by atoms with Crippen molar-refractivity contribution in [2.24, 2.45) is 5.92 Å². The smallest absolute Gasteiger partial charge is 0.180 e. The zero-order valence-electron chi connectivity index (χ0n) is 12.2. The molecule has 21 heavy (non-hydrogen) atoms. The van der Waals surface area contributed by atoms with Crippen molar-refractivity contribution >= 4 is 17.0 Å². The first kappa shape index (κ1) is 14.2. The minimum atomic E-state index is 0.557. The van der Waals surface area contributed by atoms with Crippen LogP contribution in [0.15, 0.2) is 24.5 Å². The summed E-state index contributed by atoms with van der Waals surface area (Å²) in [5.74, 6) is 1.53. The SMILES string of the molecule is COCCOCC1CCN(c2ccc3nccnc3n2)C1. The molecule has 1 atom stereocenters. The first-order valence-corrected chi connectivity index (χ1v) is 7.26. The highest BCUT2D eigenvalue weighted by atomic mass is 16.5. The average Bonchev–Trinajstić information content (AvgIpc) is 3.00. The zero-order valence-corrected chi connectivity index (χ0v) is 12.2. The standard InChI is InChI=1S/C15H20N4O2/c1-20-8-9-21-11-12-4-7-19(10-12)14-3-2-13-15(18-14)17-6-5-16-13/h2-3,5-6,12H,4,7-11H2,1H3. The Morgan fingerprint density at radius 2 is 2.14 bits per heavy atom. The lowest BCUT2D eigenvalue weighted by Crippen LogP contribution is -2.22. The normalized spacial score (nSPS) is 18.5. The molecule has 0 amide bonds. The number of hydrogen-bond acceptors (Lipinski definition) is 6. The fourth-order valence-corrected chi connectivity index (χ4v) is 2.59. The molecule has 2 aromatic rings. The fraction of sp³-hybridized carbons (Fsp3) is 0.533. The van der Waals surface area contributed by atoms with Crippen molar-refractivity contribution < 1.29 is 9.47 Å². The summed E-state index contributed by atoms with van der Waals surface area (Å²) in [6.45, 7) is 4.09. The first-order chi connectivity index (χ1) is 10.4. The van der Waals surface area contributed by atoms with Crippen molar-refractivity contribution in [1.82, 2.24) is 15.0 Å². The summed E-state index contributed by atoms with van der Waals surface area (Å²) >= 11 is 0. The molecule has 1 saturated heterocycles. The van der Waals surface area contributed by atoms with Crippen LogP contribution in [0.5, 0.6) is 0 Å². The number of hydrogen-bond donors (Lipinski definition) is 0. The molecular weight excluding hydrogens is 268 g/mol. The van der Waals surface area contributed by atoms with Gasteiger partial charge in [-0.15, -0.1) is 0 Å². The zero-order chi connectivity index (χ0) is 14.5. The largest absolute Gasteiger partial charge is 0.382 e. The van der Waals surface area contributed by atoms with Crippen LogP contribution in [0.1, 0.15) is 6.42 Å². The topological polar surface area (TPSA) is 60.4 Å². The van der Waals surface area contributed by atoms with E-state index in [-0.39, 0.29) is 0 Å². The Kier molecular flexibility index (Phi) is 4.57. The second-order valence-electron chi connectivity index (χ2n) is 5.24. The van der Waals surface area contributed by atoms with Crippen molar-refractivity contribution in [1.29, 1.82) is 0 Å². The van der Waals surface area contributed by atoms with Gasteiger partial charge in [-0.05, 0) is 18.6 Å². The van der Waals surface area contributed by atoms with Crippen LogP contribution in [-0.4, -0.2) is 55.0 Å². The molecule has 3 heterocycles. The summed E-state index contributed by atoms with van der Waals surface area (Å²) in [7, 11) is 1.69. The Balaban J connectivity index is 1.59. The maximum atomic E-state index is 5.62. The maximum Gasteiger partial charge on any atom is 0.180 e. The van der Waals surface area contributed by atoms with Gasteiger partial charge in [-0.1, -0.05) is 0 Å². The third-order valence-corrected chi connectivity index (χ3v) is 3.71. The maximum absolute atomic E-state index is 5.62. The molecule has 1 aliphatic rings. The van der Waals surface area contributed by atoms with Gasteiger partial charge < -0.3 is 14.4 Å². The molecule has 3 rings (SSSR count). The van der Waals surface area contributed by atoms with Crippen molar-refractivity contribution in [3.05, 3.63) is 24.5 Å². The molecule has 6 nitrogen and oxygen atoms in total. The summed E-state index contributed by atoms with van der Waals surface area (Å²) < 4.78 is 10.6. The van der Waals surface area contributed by atoms with Gasteiger partial charge in [0.2, 0.25) is 0 Å². The van der Waals surface area contributed by atoms with E-state index in [4.69, 9.17) is 9.47 Å². The Morgan fingerprint density at radius 3 is 3.05 bits per heavy atom. The summed E-state index contributed by atoms with van der Waals surface area (Å²) in [6.07, 6.45) is 4.50. The van der Waals surface area contributed by atoms with E-state index < -0.39 is 0 Å². The van der Waals surface area contributed by atoms with Crippen LogP contribution in [-0.2, 0) is 9.47 Å². The van der Waals surface area contributed by atoms with E-state index in [1.165, 1.54) is 0 Å². The number of anilines is 1. The monoisotopic (exact) mass is 288 g/mol. The molecule has 0 aliphatic carbocycles. The highest BCUT2D eigenvalue weighted by Gasteiger charge is 2.23. The van der Waals surface area contributed by atoms with E-state index in [9.17, 15) is 0 Å². The Morgan fingerprint density at radius 1 is 1.24 bits per heavy atom. The predicted molar refractivity (Wildman–Crippen MR) is 80.3 cm³/mol. The summed E-state index contributed by atoms with van der Waals surface area (Å²) in [4.78, 5) is 15.4. The van der Waals surface area contributed by atoms with E-state index >= 15 is 0 Å². The molecule has 0 aromatic carbocycles. The van der Waals surface area contributed by atoms with Gasteiger partial charge in [-0.25, -0.2) is 9.97 Å². The molecule has 0 spiro atoms. The molecule has 0 saturated carbocycles. The van der Waals surface area contributed by atoms with E-state index in [1.54, 1.807) is 19.5 Å². The predicted octanol–water partition coefficient (Wildman–Crippen LogP) is 1.51. The molecule has 1 fully saturated rings. The van der Waals surface area contributed by atoms with Crippen LogP contribution in [0.3, 0.4) is 0 Å². The molecule has 0 radical (unpaired) electrons. The first-order valence-electron chi connectivity index (χ1n) is 7.26. The highest BCUT2D eigenvalue weighted by molar-refractivity contribution is 5.71. The van der Waals surface area contributed by atoms with Crippen LogP contribution in [0.2, 0.25) is 0 Å². The van der Waals surface area contributed by atoms with Crippen molar-refractivity contribution in [3.8, 4) is 0 Å². The summed E-state index contributed by atoms with van der Waals surface area (Å²) in [5, 5.41) is 0. The van der Waals surface area contributed by atoms with Crippen LogP contribution < -0.4 is 4.90 Å². The number of nitrogens with zero attached hydrogens (tertiary/aromatic N) is 4. The van der Waals surface area contributed by atoms with Gasteiger partial charge in [0.1, 0.15) is 11.3 Å². The lowest BCUT2D eigenvalue weighted by atomic mass is 10.1. The number of ether oxygens (including phenoxy) is 2. The Labute approximate surface area is 124 Å². The average molecular weight is 288 g/mol. The molecule has 0 bridgehead atoms. The summed E-state index contributed by atoms with van der Waals surface area (Å²) in [5.41, 5.74) is 1.54. The molecule has 1 unspecified atom stereocenters. The Bertz CT molecular complexity index is 593. The van der Waals surface area contributed by atoms with Crippen LogP contribution in [0.25, 0.3) is 11.2 Å². The second-order valence-corrected chi connectivity index (χ2v) is 5.24. The highest BCUT2D eigenvalue weighted by Crippen LogP contribution is 2.23. The lowest BCUT2D eigenvalue weighted by molar-refractivity contribution is 0.0549. The quantitative estimate of drug-likeness (QED) is 0.751. The number of pyridine rings is 1. The van der Waals surface area contributed by atoms with Gasteiger partial charge in [0, 0.05) is 38.5 Å². The number of rotatable bonds is 6. The second kappa shape index (κ2) is 6.78.